The van der Waals surface area contributed by atoms with Crippen molar-refractivity contribution in [2.75, 3.05) is 12.3 Å². The summed E-state index contributed by atoms with van der Waals surface area (Å²) in [5, 5.41) is 17.6. The second-order valence-corrected chi connectivity index (χ2v) is 6.56. The maximum absolute atomic E-state index is 12.0. The Morgan fingerprint density at radius 3 is 2.24 bits per heavy atom. The number of carbonyl (C=O) groups excluding carboxylic acids is 1. The molecule has 2 rings (SSSR count). The van der Waals surface area contributed by atoms with Gasteiger partial charge < -0.3 is 16.8 Å². The number of hydrogen-bond donors (Lipinski definition) is 5. The van der Waals surface area contributed by atoms with Crippen LogP contribution in [0.3, 0.4) is 0 Å². The summed E-state index contributed by atoms with van der Waals surface area (Å²) in [6.45, 7) is 0.576. The first-order valence-corrected chi connectivity index (χ1v) is 8.76. The Morgan fingerprint density at radius 2 is 1.60 bits per heavy atom. The van der Waals surface area contributed by atoms with E-state index in [0.717, 1.165) is 17.1 Å². The predicted octanol–water partition coefficient (Wildman–Crippen LogP) is 2.17. The van der Waals surface area contributed by atoms with Crippen LogP contribution in [-0.2, 0) is 0 Å². The van der Waals surface area contributed by atoms with Crippen LogP contribution in [0.4, 0.5) is 0 Å². The zero-order valence-corrected chi connectivity index (χ0v) is 14.5. The Bertz CT molecular complexity index is 773. The Kier molecular flexibility index (Phi) is 6.59. The highest BCUT2D eigenvalue weighted by Gasteiger charge is 2.05. The first kappa shape index (κ1) is 18.5. The molecule has 0 unspecified atom stereocenters. The van der Waals surface area contributed by atoms with E-state index in [4.69, 9.17) is 22.3 Å². The number of carbonyl (C=O) groups is 1. The van der Waals surface area contributed by atoms with Crippen molar-refractivity contribution in [2.24, 2.45) is 11.5 Å². The number of amidine groups is 2. The minimum atomic E-state index is -0.140. The molecule has 0 radical (unpaired) electrons. The normalized spacial score (nSPS) is 10.2. The van der Waals surface area contributed by atoms with Gasteiger partial charge >= 0.3 is 0 Å². The molecule has 2 aromatic rings. The van der Waals surface area contributed by atoms with Gasteiger partial charge in [-0.2, -0.15) is 0 Å². The number of benzene rings is 2. The van der Waals surface area contributed by atoms with E-state index in [-0.39, 0.29) is 17.6 Å². The van der Waals surface area contributed by atoms with Gasteiger partial charge in [-0.3, -0.25) is 15.6 Å². The second-order valence-electron chi connectivity index (χ2n) is 5.39. The zero-order chi connectivity index (χ0) is 18.2. The summed E-state index contributed by atoms with van der Waals surface area (Å²) in [5.74, 6) is 0.757. The van der Waals surface area contributed by atoms with Crippen molar-refractivity contribution >= 4 is 29.3 Å². The van der Waals surface area contributed by atoms with Crippen molar-refractivity contribution < 1.29 is 4.79 Å². The van der Waals surface area contributed by atoms with Crippen LogP contribution in [0.5, 0.6) is 0 Å². The Hall–Kier alpha value is -2.80. The lowest BCUT2D eigenvalue weighted by molar-refractivity contribution is 0.0954. The Morgan fingerprint density at radius 1 is 0.960 bits per heavy atom. The highest BCUT2D eigenvalue weighted by atomic mass is 32.2. The van der Waals surface area contributed by atoms with Gasteiger partial charge in [-0.1, -0.05) is 24.3 Å². The third-order valence-corrected chi connectivity index (χ3v) is 4.56. The zero-order valence-electron chi connectivity index (χ0n) is 13.7. The summed E-state index contributed by atoms with van der Waals surface area (Å²) in [6, 6.07) is 14.2. The van der Waals surface area contributed by atoms with E-state index in [9.17, 15) is 4.79 Å². The van der Waals surface area contributed by atoms with Crippen LogP contribution >= 0.6 is 11.8 Å². The minimum Gasteiger partial charge on any atom is -0.384 e. The summed E-state index contributed by atoms with van der Waals surface area (Å²) in [4.78, 5) is 13.1. The van der Waals surface area contributed by atoms with Gasteiger partial charge in [0.1, 0.15) is 11.7 Å². The molecule has 0 bridgehead atoms. The number of nitrogen functional groups attached to an aromatic ring is 2. The Labute approximate surface area is 151 Å². The van der Waals surface area contributed by atoms with Gasteiger partial charge in [-0.25, -0.2) is 0 Å². The van der Waals surface area contributed by atoms with Crippen LogP contribution in [0.15, 0.2) is 53.4 Å². The van der Waals surface area contributed by atoms with Crippen molar-refractivity contribution in [3.05, 3.63) is 65.2 Å². The van der Waals surface area contributed by atoms with Crippen LogP contribution in [-0.4, -0.2) is 29.9 Å². The van der Waals surface area contributed by atoms with Crippen molar-refractivity contribution in [3.63, 3.8) is 0 Å². The fourth-order valence-corrected chi connectivity index (χ4v) is 3.03. The molecule has 0 fully saturated rings. The molecule has 7 N–H and O–H groups in total. The lowest BCUT2D eigenvalue weighted by atomic mass is 10.1. The minimum absolute atomic E-state index is 0.0159. The molecule has 25 heavy (non-hydrogen) atoms. The predicted molar refractivity (Wildman–Crippen MR) is 103 cm³/mol. The monoisotopic (exact) mass is 355 g/mol. The van der Waals surface area contributed by atoms with Gasteiger partial charge in [-0.15, -0.1) is 11.8 Å². The first-order chi connectivity index (χ1) is 12.0. The first-order valence-electron chi connectivity index (χ1n) is 7.77. The molecule has 0 aliphatic rings. The summed E-state index contributed by atoms with van der Waals surface area (Å²) in [7, 11) is 0. The van der Waals surface area contributed by atoms with Gasteiger partial charge in [0.2, 0.25) is 0 Å². The molecule has 0 heterocycles. The molecule has 0 aromatic heterocycles. The van der Waals surface area contributed by atoms with Gasteiger partial charge in [0.15, 0.2) is 0 Å². The van der Waals surface area contributed by atoms with Crippen molar-refractivity contribution in [3.8, 4) is 0 Å². The summed E-state index contributed by atoms with van der Waals surface area (Å²) < 4.78 is 0. The molecular formula is C18H21N5OS. The van der Waals surface area contributed by atoms with Gasteiger partial charge in [0.05, 0.1) is 0 Å². The number of nitrogens with two attached hydrogens (primary N) is 2. The van der Waals surface area contributed by atoms with Crippen molar-refractivity contribution in [1.82, 2.24) is 5.32 Å². The summed E-state index contributed by atoms with van der Waals surface area (Å²) in [6.07, 6.45) is 0.826. The maximum atomic E-state index is 12.0. The third-order valence-electron chi connectivity index (χ3n) is 3.48. The molecule has 0 spiro atoms. The number of rotatable bonds is 8. The number of hydrogen-bond acceptors (Lipinski definition) is 4. The fourth-order valence-electron chi connectivity index (χ4n) is 2.12. The van der Waals surface area contributed by atoms with Crippen molar-refractivity contribution in [2.45, 2.75) is 11.3 Å². The van der Waals surface area contributed by atoms with E-state index in [1.165, 1.54) is 0 Å². The van der Waals surface area contributed by atoms with Crippen molar-refractivity contribution in [1.29, 1.82) is 10.8 Å². The Balaban J connectivity index is 1.73. The number of nitrogens with one attached hydrogen (secondary N) is 3. The smallest absolute Gasteiger partial charge is 0.251 e. The molecule has 2 aromatic carbocycles. The SMILES string of the molecule is N=C(N)c1ccc(C(=O)NCCCSc2cccc(C(=N)N)c2)cc1. The van der Waals surface area contributed by atoms with Crippen LogP contribution in [0.25, 0.3) is 0 Å². The van der Waals surface area contributed by atoms with E-state index in [1.807, 2.05) is 24.3 Å². The van der Waals surface area contributed by atoms with E-state index in [2.05, 4.69) is 5.32 Å². The highest BCUT2D eigenvalue weighted by Crippen LogP contribution is 2.19. The number of amides is 1. The largest absolute Gasteiger partial charge is 0.384 e. The average molecular weight is 355 g/mol. The topological polar surface area (TPSA) is 129 Å². The summed E-state index contributed by atoms with van der Waals surface area (Å²) >= 11 is 1.66. The maximum Gasteiger partial charge on any atom is 0.251 e. The highest BCUT2D eigenvalue weighted by molar-refractivity contribution is 7.99. The average Bonchev–Trinajstić information content (AvgIpc) is 2.61. The molecule has 0 atom stereocenters. The van der Waals surface area contributed by atoms with Gasteiger partial charge in [-0.05, 0) is 36.4 Å². The molecule has 130 valence electrons. The van der Waals surface area contributed by atoms with E-state index >= 15 is 0 Å². The van der Waals surface area contributed by atoms with Crippen LogP contribution in [0.1, 0.15) is 27.9 Å². The summed E-state index contributed by atoms with van der Waals surface area (Å²) in [5.41, 5.74) is 12.7. The molecule has 0 saturated heterocycles. The molecule has 1 amide bonds. The lowest BCUT2D eigenvalue weighted by Gasteiger charge is -2.07. The molecule has 0 saturated carbocycles. The van der Waals surface area contributed by atoms with Gasteiger partial charge in [0, 0.05) is 28.1 Å². The number of thioether (sulfide) groups is 1. The molecule has 0 aliphatic carbocycles. The third kappa shape index (κ3) is 5.65. The van der Waals surface area contributed by atoms with Gasteiger partial charge in [0.25, 0.3) is 5.91 Å². The van der Waals surface area contributed by atoms with E-state index in [1.54, 1.807) is 36.0 Å². The van der Waals surface area contributed by atoms with E-state index < -0.39 is 0 Å². The van der Waals surface area contributed by atoms with E-state index in [0.29, 0.717) is 23.2 Å². The standard InChI is InChI=1S/C18H21N5OS/c19-16(20)12-5-7-13(8-6-12)18(24)23-9-2-10-25-15-4-1-3-14(11-15)17(21)22/h1,3-8,11H,2,9-10H2,(H3,19,20)(H3,21,22)(H,23,24). The molecule has 7 heteroatoms. The quantitative estimate of drug-likeness (QED) is 0.215. The lowest BCUT2D eigenvalue weighted by Crippen LogP contribution is -2.24. The van der Waals surface area contributed by atoms with Crippen LogP contribution < -0.4 is 16.8 Å². The fraction of sp³-hybridized carbons (Fsp3) is 0.167. The molecule has 0 aliphatic heterocycles. The second kappa shape index (κ2) is 8.89. The van der Waals surface area contributed by atoms with Crippen LogP contribution in [0, 0.1) is 10.8 Å². The molecule has 6 nitrogen and oxygen atoms in total. The van der Waals surface area contributed by atoms with Crippen LogP contribution in [0.2, 0.25) is 0 Å². The molecular weight excluding hydrogens is 334 g/mol.